The number of rotatable bonds is 0. The van der Waals surface area contributed by atoms with Crippen LogP contribution in [0.1, 0.15) is 51.9 Å². The van der Waals surface area contributed by atoms with Crippen LogP contribution in [-0.4, -0.2) is 17.0 Å². The molecule has 0 aromatic carbocycles. The first-order chi connectivity index (χ1) is 10.0. The van der Waals surface area contributed by atoms with Gasteiger partial charge in [0.25, 0.3) is 0 Å². The third-order valence-corrected chi connectivity index (χ3v) is 7.80. The largest absolute Gasteiger partial charge is 0.393 e. The average Bonchev–Trinajstić information content (AvgIpc) is 2.77. The highest BCUT2D eigenvalue weighted by Crippen LogP contribution is 2.72. The molecule has 2 bridgehead atoms. The van der Waals surface area contributed by atoms with Gasteiger partial charge in [-0.15, -0.1) is 0 Å². The molecule has 0 radical (unpaired) electrons. The van der Waals surface area contributed by atoms with Crippen molar-refractivity contribution in [2.24, 2.45) is 28.6 Å². The monoisotopic (exact) mass is 284 g/mol. The van der Waals surface area contributed by atoms with E-state index in [4.69, 9.17) is 0 Å². The quantitative estimate of drug-likeness (QED) is 0.692. The second kappa shape index (κ2) is 3.71. The molecular weight excluding hydrogens is 260 g/mol. The van der Waals surface area contributed by atoms with Gasteiger partial charge in [0, 0.05) is 17.3 Å². The molecule has 2 nitrogen and oxygen atoms in total. The summed E-state index contributed by atoms with van der Waals surface area (Å²) in [4.78, 5) is 11.8. The van der Waals surface area contributed by atoms with E-state index in [2.05, 4.69) is 13.0 Å². The summed E-state index contributed by atoms with van der Waals surface area (Å²) >= 11 is 0. The Bertz CT molecular complexity index is 601. The first-order valence-corrected chi connectivity index (χ1v) is 8.68. The Morgan fingerprint density at radius 2 is 2.14 bits per heavy atom. The van der Waals surface area contributed by atoms with Crippen LogP contribution in [0.3, 0.4) is 0 Å². The maximum absolute atomic E-state index is 11.8. The van der Waals surface area contributed by atoms with Crippen LogP contribution < -0.4 is 0 Å². The SMILES string of the molecule is C[C@]12CC=C3C(C[C@H]4C[C@@]35CCC(=O)C=C45)C1CC[C@@H]2O. The fraction of sp³-hybridized carbons (Fsp3) is 0.737. The third kappa shape index (κ3) is 1.32. The molecule has 0 amide bonds. The van der Waals surface area contributed by atoms with Crippen molar-refractivity contribution in [1.29, 1.82) is 0 Å². The van der Waals surface area contributed by atoms with Gasteiger partial charge in [-0.1, -0.05) is 24.1 Å². The topological polar surface area (TPSA) is 37.3 Å². The molecule has 0 aliphatic heterocycles. The summed E-state index contributed by atoms with van der Waals surface area (Å²) in [7, 11) is 0. The highest BCUT2D eigenvalue weighted by molar-refractivity contribution is 5.92. The van der Waals surface area contributed by atoms with Crippen molar-refractivity contribution >= 4 is 5.78 Å². The van der Waals surface area contributed by atoms with Crippen LogP contribution in [0.4, 0.5) is 0 Å². The number of carbonyl (C=O) groups excluding carboxylic acids is 1. The second-order valence-electron chi connectivity index (χ2n) is 8.46. The molecule has 0 heterocycles. The maximum atomic E-state index is 11.8. The molecule has 4 saturated carbocycles. The Morgan fingerprint density at radius 3 is 3.00 bits per heavy atom. The summed E-state index contributed by atoms with van der Waals surface area (Å²) in [5.41, 5.74) is 3.53. The molecule has 1 spiro atoms. The predicted molar refractivity (Wildman–Crippen MR) is 80.5 cm³/mol. The van der Waals surface area contributed by atoms with E-state index in [9.17, 15) is 9.90 Å². The van der Waals surface area contributed by atoms with E-state index in [1.54, 1.807) is 5.57 Å². The smallest absolute Gasteiger partial charge is 0.155 e. The summed E-state index contributed by atoms with van der Waals surface area (Å²) in [6, 6.07) is 0. The van der Waals surface area contributed by atoms with E-state index in [0.717, 1.165) is 25.7 Å². The van der Waals surface area contributed by atoms with Gasteiger partial charge in [-0.05, 0) is 62.4 Å². The van der Waals surface area contributed by atoms with Crippen LogP contribution in [0.2, 0.25) is 0 Å². The van der Waals surface area contributed by atoms with Gasteiger partial charge in [-0.2, -0.15) is 0 Å². The van der Waals surface area contributed by atoms with E-state index in [-0.39, 0.29) is 16.9 Å². The Labute approximate surface area is 126 Å². The summed E-state index contributed by atoms with van der Waals surface area (Å²) < 4.78 is 0. The van der Waals surface area contributed by atoms with Crippen LogP contribution in [0, 0.1) is 28.6 Å². The van der Waals surface area contributed by atoms with Crippen molar-refractivity contribution in [3.05, 3.63) is 23.3 Å². The predicted octanol–water partition coefficient (Wildman–Crippen LogP) is 3.41. The molecular formula is C19H24O2. The number of allylic oxidation sites excluding steroid dienone is 4. The fourth-order valence-corrected chi connectivity index (χ4v) is 6.67. The van der Waals surface area contributed by atoms with Crippen LogP contribution >= 0.6 is 0 Å². The van der Waals surface area contributed by atoms with Gasteiger partial charge >= 0.3 is 0 Å². The van der Waals surface area contributed by atoms with Gasteiger partial charge in [0.15, 0.2) is 5.78 Å². The minimum atomic E-state index is -0.112. The van der Waals surface area contributed by atoms with Crippen molar-refractivity contribution in [2.45, 2.75) is 58.0 Å². The van der Waals surface area contributed by atoms with Crippen molar-refractivity contribution in [1.82, 2.24) is 0 Å². The van der Waals surface area contributed by atoms with Crippen LogP contribution in [0.15, 0.2) is 23.3 Å². The lowest BCUT2D eigenvalue weighted by atomic mass is 9.40. The molecule has 0 aromatic rings. The number of carbonyl (C=O) groups is 1. The summed E-state index contributed by atoms with van der Waals surface area (Å²) in [5, 5.41) is 10.4. The highest BCUT2D eigenvalue weighted by Gasteiger charge is 2.63. The van der Waals surface area contributed by atoms with Crippen molar-refractivity contribution in [3.8, 4) is 0 Å². The lowest BCUT2D eigenvalue weighted by Crippen LogP contribution is -2.55. The van der Waals surface area contributed by atoms with E-state index >= 15 is 0 Å². The van der Waals surface area contributed by atoms with Crippen molar-refractivity contribution in [3.63, 3.8) is 0 Å². The van der Waals surface area contributed by atoms with Gasteiger partial charge in [0.2, 0.25) is 0 Å². The standard InChI is InChI=1S/C19H24O2/c1-18-6-5-15-13(14(18)2-3-17(18)21)8-11-10-19(15)7-4-12(20)9-16(11)19/h5,9,11,13-14,17,21H,2-4,6-8,10H2,1H3/t11-,13?,14?,17-,18-,19-/m0/s1. The zero-order valence-electron chi connectivity index (χ0n) is 12.8. The molecule has 6 aliphatic rings. The molecule has 6 atom stereocenters. The fourth-order valence-electron chi connectivity index (χ4n) is 6.67. The molecule has 112 valence electrons. The second-order valence-corrected chi connectivity index (χ2v) is 8.46. The number of ketones is 1. The first kappa shape index (κ1) is 12.6. The Morgan fingerprint density at radius 1 is 1.29 bits per heavy atom. The van der Waals surface area contributed by atoms with E-state index in [1.807, 2.05) is 6.08 Å². The zero-order valence-corrected chi connectivity index (χ0v) is 12.8. The molecule has 2 heteroatoms. The number of aliphatic hydroxyl groups is 1. The van der Waals surface area contributed by atoms with E-state index < -0.39 is 0 Å². The first-order valence-electron chi connectivity index (χ1n) is 8.68. The minimum Gasteiger partial charge on any atom is -0.393 e. The van der Waals surface area contributed by atoms with Gasteiger partial charge < -0.3 is 5.11 Å². The van der Waals surface area contributed by atoms with Gasteiger partial charge in [0.05, 0.1) is 6.10 Å². The molecule has 0 aromatic heterocycles. The molecule has 21 heavy (non-hydrogen) atoms. The normalized spacial score (nSPS) is 53.9. The molecule has 2 unspecified atom stereocenters. The van der Waals surface area contributed by atoms with Gasteiger partial charge in [0.1, 0.15) is 0 Å². The van der Waals surface area contributed by atoms with E-state index in [0.29, 0.717) is 23.5 Å². The average molecular weight is 284 g/mol. The highest BCUT2D eigenvalue weighted by atomic mass is 16.3. The van der Waals surface area contributed by atoms with Gasteiger partial charge in [-0.3, -0.25) is 4.79 Å². The Hall–Kier alpha value is -0.890. The number of aliphatic hydroxyl groups excluding tert-OH is 1. The van der Waals surface area contributed by atoms with Crippen molar-refractivity contribution < 1.29 is 9.90 Å². The van der Waals surface area contributed by atoms with Crippen LogP contribution in [0.25, 0.3) is 0 Å². The lowest BCUT2D eigenvalue weighted by Gasteiger charge is -2.64. The summed E-state index contributed by atoms with van der Waals surface area (Å²) in [6.07, 6.45) is 11.9. The summed E-state index contributed by atoms with van der Waals surface area (Å²) in [5.74, 6) is 2.37. The lowest BCUT2D eigenvalue weighted by molar-refractivity contribution is -0.117. The van der Waals surface area contributed by atoms with E-state index in [1.165, 1.54) is 24.8 Å². The minimum absolute atomic E-state index is 0.112. The molecule has 1 N–H and O–H groups in total. The Balaban J connectivity index is 1.60. The molecule has 6 rings (SSSR count). The Kier molecular flexibility index (Phi) is 2.23. The molecule has 0 saturated heterocycles. The number of hydrogen-bond donors (Lipinski definition) is 1. The van der Waals surface area contributed by atoms with Crippen LogP contribution in [-0.2, 0) is 4.79 Å². The maximum Gasteiger partial charge on any atom is 0.155 e. The molecule has 4 fully saturated rings. The third-order valence-electron chi connectivity index (χ3n) is 7.80. The van der Waals surface area contributed by atoms with Gasteiger partial charge in [-0.25, -0.2) is 0 Å². The van der Waals surface area contributed by atoms with Crippen molar-refractivity contribution in [2.75, 3.05) is 0 Å². The number of hydrogen-bond acceptors (Lipinski definition) is 2. The van der Waals surface area contributed by atoms with Crippen LogP contribution in [0.5, 0.6) is 0 Å². The summed E-state index contributed by atoms with van der Waals surface area (Å²) in [6.45, 7) is 2.31. The number of fused-ring (bicyclic) bond motifs is 1. The molecule has 6 aliphatic carbocycles. The zero-order chi connectivity index (χ0) is 14.4.